The number of nitrogens with zero attached hydrogens (tertiary/aromatic N) is 3. The molecule has 0 atom stereocenters. The number of para-hydroxylation sites is 1. The molecular weight excluding hydrogens is 368 g/mol. The van der Waals surface area contributed by atoms with E-state index in [1.807, 2.05) is 6.20 Å². The Labute approximate surface area is 178 Å². The fourth-order valence-corrected chi connectivity index (χ4v) is 4.31. The Morgan fingerprint density at radius 3 is 2.57 bits per heavy atom. The monoisotopic (exact) mass is 396 g/mol. The number of hydrogen-bond donors (Lipinski definition) is 1. The van der Waals surface area contributed by atoms with E-state index in [1.165, 1.54) is 39.0 Å². The van der Waals surface area contributed by atoms with E-state index < -0.39 is 0 Å². The number of aromatic nitrogens is 3. The Kier molecular flexibility index (Phi) is 4.67. The van der Waals surface area contributed by atoms with Crippen molar-refractivity contribution >= 4 is 10.9 Å². The van der Waals surface area contributed by atoms with Gasteiger partial charge < -0.3 is 4.98 Å². The smallest absolute Gasteiger partial charge is 0.133 e. The predicted octanol–water partition coefficient (Wildman–Crippen LogP) is 5.48. The average Bonchev–Trinajstić information content (AvgIpc) is 3.12. The maximum absolute atomic E-state index is 4.89. The van der Waals surface area contributed by atoms with Gasteiger partial charge in [0.15, 0.2) is 0 Å². The van der Waals surface area contributed by atoms with Crippen LogP contribution in [0.2, 0.25) is 0 Å². The van der Waals surface area contributed by atoms with Crippen molar-refractivity contribution in [2.24, 2.45) is 0 Å². The Morgan fingerprint density at radius 1 is 1.00 bits per heavy atom. The van der Waals surface area contributed by atoms with Gasteiger partial charge in [-0.2, -0.15) is 0 Å². The SMILES string of the molecule is CC(C)(C)c1ncc2c(n1)CCN(Cc1c(-c3ccccc3)[nH]c3ccccc13)C2. The van der Waals surface area contributed by atoms with E-state index in [2.05, 4.69) is 90.2 Å². The molecular formula is C26H28N4. The number of hydrogen-bond acceptors (Lipinski definition) is 3. The molecule has 0 fully saturated rings. The van der Waals surface area contributed by atoms with Crippen molar-refractivity contribution in [2.45, 2.75) is 45.7 Å². The average molecular weight is 397 g/mol. The lowest BCUT2D eigenvalue weighted by Crippen LogP contribution is -2.32. The molecule has 2 aromatic heterocycles. The first-order valence-corrected chi connectivity index (χ1v) is 10.7. The van der Waals surface area contributed by atoms with Gasteiger partial charge in [-0.1, -0.05) is 69.3 Å². The first-order chi connectivity index (χ1) is 14.5. The second-order valence-electron chi connectivity index (χ2n) is 9.27. The quantitative estimate of drug-likeness (QED) is 0.499. The summed E-state index contributed by atoms with van der Waals surface area (Å²) in [5, 5.41) is 1.31. The molecule has 0 radical (unpaired) electrons. The first-order valence-electron chi connectivity index (χ1n) is 10.7. The van der Waals surface area contributed by atoms with Gasteiger partial charge in [0.05, 0.1) is 5.69 Å². The van der Waals surface area contributed by atoms with Crippen molar-refractivity contribution in [3.63, 3.8) is 0 Å². The predicted molar refractivity (Wildman–Crippen MR) is 122 cm³/mol. The van der Waals surface area contributed by atoms with Gasteiger partial charge in [-0.05, 0) is 17.2 Å². The molecule has 4 heteroatoms. The highest BCUT2D eigenvalue weighted by Gasteiger charge is 2.24. The number of fused-ring (bicyclic) bond motifs is 2. The second kappa shape index (κ2) is 7.37. The molecule has 0 unspecified atom stereocenters. The third kappa shape index (κ3) is 3.52. The van der Waals surface area contributed by atoms with E-state index in [-0.39, 0.29) is 5.41 Å². The van der Waals surface area contributed by atoms with Gasteiger partial charge in [0.2, 0.25) is 0 Å². The van der Waals surface area contributed by atoms with E-state index in [1.54, 1.807) is 0 Å². The maximum atomic E-state index is 4.89. The summed E-state index contributed by atoms with van der Waals surface area (Å²) in [5.41, 5.74) is 7.49. The summed E-state index contributed by atoms with van der Waals surface area (Å²) < 4.78 is 0. The molecule has 0 bridgehead atoms. The van der Waals surface area contributed by atoms with E-state index >= 15 is 0 Å². The van der Waals surface area contributed by atoms with E-state index in [9.17, 15) is 0 Å². The normalized spacial score (nSPS) is 14.8. The van der Waals surface area contributed by atoms with Gasteiger partial charge in [-0.15, -0.1) is 0 Å². The Morgan fingerprint density at radius 2 is 1.77 bits per heavy atom. The van der Waals surface area contributed by atoms with E-state index in [0.717, 1.165) is 31.9 Å². The zero-order chi connectivity index (χ0) is 20.7. The van der Waals surface area contributed by atoms with Crippen LogP contribution in [0.3, 0.4) is 0 Å². The Bertz CT molecular complexity index is 1180. The van der Waals surface area contributed by atoms with Gasteiger partial charge in [-0.3, -0.25) is 4.90 Å². The minimum absolute atomic E-state index is 0.0131. The molecule has 2 aromatic carbocycles. The molecule has 1 aliphatic rings. The minimum Gasteiger partial charge on any atom is -0.354 e. The Hall–Kier alpha value is -2.98. The molecule has 1 aliphatic heterocycles. The summed E-state index contributed by atoms with van der Waals surface area (Å²) in [7, 11) is 0. The number of benzene rings is 2. The van der Waals surface area contributed by atoms with Crippen molar-refractivity contribution in [1.29, 1.82) is 0 Å². The minimum atomic E-state index is -0.0131. The molecule has 0 saturated carbocycles. The van der Waals surface area contributed by atoms with Crippen LogP contribution in [0.15, 0.2) is 60.8 Å². The van der Waals surface area contributed by atoms with Crippen LogP contribution in [-0.2, 0) is 24.9 Å². The Balaban J connectivity index is 1.47. The van der Waals surface area contributed by atoms with E-state index in [4.69, 9.17) is 4.98 Å². The molecule has 0 amide bonds. The summed E-state index contributed by atoms with van der Waals surface area (Å²) >= 11 is 0. The highest BCUT2D eigenvalue weighted by Crippen LogP contribution is 2.32. The maximum Gasteiger partial charge on any atom is 0.133 e. The zero-order valence-electron chi connectivity index (χ0n) is 17.9. The summed E-state index contributed by atoms with van der Waals surface area (Å²) in [6.45, 7) is 9.34. The van der Waals surface area contributed by atoms with Gasteiger partial charge >= 0.3 is 0 Å². The summed E-state index contributed by atoms with van der Waals surface area (Å²) in [6.07, 6.45) is 3.02. The van der Waals surface area contributed by atoms with Crippen molar-refractivity contribution in [3.8, 4) is 11.3 Å². The number of nitrogens with one attached hydrogen (secondary N) is 1. The molecule has 0 spiro atoms. The number of H-pyrrole nitrogens is 1. The number of rotatable bonds is 3. The van der Waals surface area contributed by atoms with Gasteiger partial charge in [0.25, 0.3) is 0 Å². The molecule has 152 valence electrons. The van der Waals surface area contributed by atoms with Crippen LogP contribution in [0.25, 0.3) is 22.2 Å². The molecule has 4 nitrogen and oxygen atoms in total. The van der Waals surface area contributed by atoms with Crippen LogP contribution in [-0.4, -0.2) is 26.4 Å². The van der Waals surface area contributed by atoms with Gasteiger partial charge in [0, 0.05) is 59.8 Å². The lowest BCUT2D eigenvalue weighted by Gasteiger charge is -2.29. The third-order valence-corrected chi connectivity index (χ3v) is 5.94. The van der Waals surface area contributed by atoms with Crippen molar-refractivity contribution in [1.82, 2.24) is 19.9 Å². The van der Waals surface area contributed by atoms with Crippen molar-refractivity contribution in [2.75, 3.05) is 6.54 Å². The second-order valence-corrected chi connectivity index (χ2v) is 9.27. The highest BCUT2D eigenvalue weighted by molar-refractivity contribution is 5.90. The van der Waals surface area contributed by atoms with Crippen LogP contribution < -0.4 is 0 Å². The van der Waals surface area contributed by atoms with Gasteiger partial charge in [0.1, 0.15) is 5.82 Å². The molecule has 1 N–H and O–H groups in total. The zero-order valence-corrected chi connectivity index (χ0v) is 17.9. The standard InChI is InChI=1S/C26H28N4/c1-26(2,3)25-27-15-19-16-30(14-13-22(19)29-25)17-21-20-11-7-8-12-23(20)28-24(21)18-9-5-4-6-10-18/h4-12,15,28H,13-14,16-17H2,1-3H3. The van der Waals surface area contributed by atoms with Crippen LogP contribution >= 0.6 is 0 Å². The molecule has 30 heavy (non-hydrogen) atoms. The largest absolute Gasteiger partial charge is 0.354 e. The summed E-state index contributed by atoms with van der Waals surface area (Å²) in [4.78, 5) is 15.7. The van der Waals surface area contributed by atoms with Crippen LogP contribution in [0.4, 0.5) is 0 Å². The molecule has 5 rings (SSSR count). The van der Waals surface area contributed by atoms with Crippen LogP contribution in [0.5, 0.6) is 0 Å². The summed E-state index contributed by atoms with van der Waals surface area (Å²) in [6, 6.07) is 19.3. The first kappa shape index (κ1) is 19.0. The molecule has 3 heterocycles. The molecule has 0 aliphatic carbocycles. The highest BCUT2D eigenvalue weighted by atomic mass is 15.1. The van der Waals surface area contributed by atoms with Crippen LogP contribution in [0, 0.1) is 0 Å². The van der Waals surface area contributed by atoms with Gasteiger partial charge in [-0.25, -0.2) is 9.97 Å². The topological polar surface area (TPSA) is 44.8 Å². The fraction of sp³-hybridized carbons (Fsp3) is 0.308. The molecule has 0 saturated heterocycles. The lowest BCUT2D eigenvalue weighted by molar-refractivity contribution is 0.243. The van der Waals surface area contributed by atoms with Crippen LogP contribution in [0.1, 0.15) is 43.4 Å². The molecule has 4 aromatic rings. The van der Waals surface area contributed by atoms with Crippen molar-refractivity contribution in [3.05, 3.63) is 83.4 Å². The number of aromatic amines is 1. The fourth-order valence-electron chi connectivity index (χ4n) is 4.31. The lowest BCUT2D eigenvalue weighted by atomic mass is 9.95. The van der Waals surface area contributed by atoms with Crippen molar-refractivity contribution < 1.29 is 0 Å². The summed E-state index contributed by atoms with van der Waals surface area (Å²) in [5.74, 6) is 0.942. The third-order valence-electron chi connectivity index (χ3n) is 5.94. The van der Waals surface area contributed by atoms with E-state index in [0.29, 0.717) is 0 Å².